The number of benzene rings is 1. The Hall–Kier alpha value is -1.55. The van der Waals surface area contributed by atoms with E-state index in [2.05, 4.69) is 0 Å². The second-order valence-electron chi connectivity index (χ2n) is 4.87. The number of phenols is 1. The standard InChI is InChI=1S/C14H19NO3/c1-10-12(3-2-4-13(10)17)14(18)15-7-5-11(9-16)6-8-15/h2-4,11,16-17H,5-9H2,1H3. The second kappa shape index (κ2) is 5.40. The summed E-state index contributed by atoms with van der Waals surface area (Å²) in [5.41, 5.74) is 1.20. The number of phenolic OH excluding ortho intramolecular Hbond substituents is 1. The average molecular weight is 249 g/mol. The molecule has 1 aliphatic heterocycles. The van der Waals surface area contributed by atoms with Gasteiger partial charge in [-0.1, -0.05) is 6.07 Å². The highest BCUT2D eigenvalue weighted by Gasteiger charge is 2.24. The van der Waals surface area contributed by atoms with Gasteiger partial charge in [0.15, 0.2) is 0 Å². The molecule has 0 unspecified atom stereocenters. The maximum Gasteiger partial charge on any atom is 0.254 e. The van der Waals surface area contributed by atoms with E-state index >= 15 is 0 Å². The van der Waals surface area contributed by atoms with Crippen molar-refractivity contribution in [2.24, 2.45) is 5.92 Å². The third-order valence-electron chi connectivity index (χ3n) is 3.70. The van der Waals surface area contributed by atoms with Gasteiger partial charge in [-0.3, -0.25) is 4.79 Å². The molecule has 0 aromatic heterocycles. The molecule has 0 saturated carbocycles. The predicted octanol–water partition coefficient (Wildman–Crippen LogP) is 1.55. The maximum atomic E-state index is 12.3. The van der Waals surface area contributed by atoms with Gasteiger partial charge in [-0.25, -0.2) is 0 Å². The van der Waals surface area contributed by atoms with E-state index in [1.807, 2.05) is 0 Å². The molecule has 4 heteroatoms. The summed E-state index contributed by atoms with van der Waals surface area (Å²) in [5, 5.41) is 18.7. The summed E-state index contributed by atoms with van der Waals surface area (Å²) in [6.07, 6.45) is 1.69. The van der Waals surface area contributed by atoms with Crippen LogP contribution in [0.4, 0.5) is 0 Å². The lowest BCUT2D eigenvalue weighted by molar-refractivity contribution is 0.0649. The third kappa shape index (κ3) is 2.48. The zero-order chi connectivity index (χ0) is 13.1. The van der Waals surface area contributed by atoms with Gasteiger partial charge in [-0.15, -0.1) is 0 Å². The maximum absolute atomic E-state index is 12.3. The summed E-state index contributed by atoms with van der Waals surface area (Å²) in [6, 6.07) is 5.02. The monoisotopic (exact) mass is 249 g/mol. The van der Waals surface area contributed by atoms with Crippen LogP contribution in [0, 0.1) is 12.8 Å². The lowest BCUT2D eigenvalue weighted by atomic mass is 9.97. The van der Waals surface area contributed by atoms with E-state index in [0.29, 0.717) is 30.1 Å². The molecule has 18 heavy (non-hydrogen) atoms. The number of aliphatic hydroxyl groups excluding tert-OH is 1. The Morgan fingerprint density at radius 3 is 2.67 bits per heavy atom. The summed E-state index contributed by atoms with van der Waals surface area (Å²) < 4.78 is 0. The number of amides is 1. The minimum Gasteiger partial charge on any atom is -0.508 e. The van der Waals surface area contributed by atoms with E-state index in [-0.39, 0.29) is 18.3 Å². The van der Waals surface area contributed by atoms with E-state index in [0.717, 1.165) is 12.8 Å². The second-order valence-corrected chi connectivity index (χ2v) is 4.87. The number of hydrogen-bond donors (Lipinski definition) is 2. The topological polar surface area (TPSA) is 60.8 Å². The summed E-state index contributed by atoms with van der Waals surface area (Å²) >= 11 is 0. The Balaban J connectivity index is 2.10. The van der Waals surface area contributed by atoms with Crippen molar-refractivity contribution in [3.63, 3.8) is 0 Å². The number of piperidine rings is 1. The molecule has 0 radical (unpaired) electrons. The lowest BCUT2D eigenvalue weighted by Gasteiger charge is -2.31. The van der Waals surface area contributed by atoms with Crippen molar-refractivity contribution in [3.05, 3.63) is 29.3 Å². The number of carbonyl (C=O) groups excluding carboxylic acids is 1. The van der Waals surface area contributed by atoms with Crippen molar-refractivity contribution in [2.75, 3.05) is 19.7 Å². The largest absolute Gasteiger partial charge is 0.508 e. The summed E-state index contributed by atoms with van der Waals surface area (Å²) in [5.74, 6) is 0.449. The zero-order valence-electron chi connectivity index (χ0n) is 10.6. The molecule has 1 saturated heterocycles. The SMILES string of the molecule is Cc1c(O)cccc1C(=O)N1CCC(CO)CC1. The van der Waals surface area contributed by atoms with Crippen molar-refractivity contribution in [2.45, 2.75) is 19.8 Å². The first-order valence-corrected chi connectivity index (χ1v) is 6.32. The molecule has 2 rings (SSSR count). The fraction of sp³-hybridized carbons (Fsp3) is 0.500. The fourth-order valence-corrected chi connectivity index (χ4v) is 2.34. The molecular formula is C14H19NO3. The van der Waals surface area contributed by atoms with Crippen molar-refractivity contribution in [1.82, 2.24) is 4.90 Å². The zero-order valence-corrected chi connectivity index (χ0v) is 10.6. The molecule has 0 aliphatic carbocycles. The van der Waals surface area contributed by atoms with Crippen LogP contribution in [0.1, 0.15) is 28.8 Å². The van der Waals surface area contributed by atoms with E-state index in [1.165, 1.54) is 0 Å². The molecule has 0 bridgehead atoms. The average Bonchev–Trinajstić information content (AvgIpc) is 2.41. The quantitative estimate of drug-likeness (QED) is 0.836. The van der Waals surface area contributed by atoms with Crippen LogP contribution in [-0.2, 0) is 0 Å². The van der Waals surface area contributed by atoms with Gasteiger partial charge in [0.2, 0.25) is 0 Å². The highest BCUT2D eigenvalue weighted by Crippen LogP contribution is 2.23. The first kappa shape index (κ1) is 12.9. The van der Waals surface area contributed by atoms with Gasteiger partial charge < -0.3 is 15.1 Å². The van der Waals surface area contributed by atoms with Crippen molar-refractivity contribution in [1.29, 1.82) is 0 Å². The Bertz CT molecular complexity index is 437. The Morgan fingerprint density at radius 1 is 1.39 bits per heavy atom. The molecule has 1 heterocycles. The van der Waals surface area contributed by atoms with Crippen LogP contribution in [-0.4, -0.2) is 40.7 Å². The fourth-order valence-electron chi connectivity index (χ4n) is 2.34. The normalized spacial score (nSPS) is 16.9. The highest BCUT2D eigenvalue weighted by atomic mass is 16.3. The van der Waals surface area contributed by atoms with E-state index in [1.54, 1.807) is 30.0 Å². The summed E-state index contributed by atoms with van der Waals surface area (Å²) in [7, 11) is 0. The molecule has 1 aliphatic rings. The molecule has 1 amide bonds. The predicted molar refractivity (Wildman–Crippen MR) is 68.6 cm³/mol. The molecule has 4 nitrogen and oxygen atoms in total. The number of carbonyl (C=O) groups is 1. The van der Waals surface area contributed by atoms with Crippen LogP contribution in [0.5, 0.6) is 5.75 Å². The van der Waals surface area contributed by atoms with Crippen molar-refractivity contribution < 1.29 is 15.0 Å². The molecule has 1 fully saturated rings. The lowest BCUT2D eigenvalue weighted by Crippen LogP contribution is -2.39. The minimum atomic E-state index is -0.0280. The van der Waals surface area contributed by atoms with Crippen LogP contribution < -0.4 is 0 Å². The first-order chi connectivity index (χ1) is 8.63. The molecule has 1 aromatic rings. The van der Waals surface area contributed by atoms with E-state index in [9.17, 15) is 9.90 Å². The third-order valence-corrected chi connectivity index (χ3v) is 3.70. The van der Waals surface area contributed by atoms with Crippen molar-refractivity contribution in [3.8, 4) is 5.75 Å². The molecule has 98 valence electrons. The van der Waals surface area contributed by atoms with Crippen LogP contribution in [0.3, 0.4) is 0 Å². The van der Waals surface area contributed by atoms with Crippen molar-refractivity contribution >= 4 is 5.91 Å². The van der Waals surface area contributed by atoms with Gasteiger partial charge in [0.05, 0.1) is 0 Å². The minimum absolute atomic E-state index is 0.0280. The number of aromatic hydroxyl groups is 1. The highest BCUT2D eigenvalue weighted by molar-refractivity contribution is 5.96. The van der Waals surface area contributed by atoms with Crippen LogP contribution in [0.25, 0.3) is 0 Å². The molecule has 2 N–H and O–H groups in total. The number of likely N-dealkylation sites (tertiary alicyclic amines) is 1. The first-order valence-electron chi connectivity index (χ1n) is 6.32. The van der Waals surface area contributed by atoms with Gasteiger partial charge in [0, 0.05) is 30.8 Å². The van der Waals surface area contributed by atoms with Gasteiger partial charge in [-0.05, 0) is 37.8 Å². The van der Waals surface area contributed by atoms with Crippen LogP contribution in [0.2, 0.25) is 0 Å². The summed E-state index contributed by atoms with van der Waals surface area (Å²) in [4.78, 5) is 14.1. The molecular weight excluding hydrogens is 230 g/mol. The Kier molecular flexibility index (Phi) is 3.87. The Labute approximate surface area is 107 Å². The number of nitrogens with zero attached hydrogens (tertiary/aromatic N) is 1. The smallest absolute Gasteiger partial charge is 0.254 e. The number of aliphatic hydroxyl groups is 1. The van der Waals surface area contributed by atoms with Gasteiger partial charge in [-0.2, -0.15) is 0 Å². The van der Waals surface area contributed by atoms with E-state index in [4.69, 9.17) is 5.11 Å². The van der Waals surface area contributed by atoms with Gasteiger partial charge in [0.1, 0.15) is 5.75 Å². The van der Waals surface area contributed by atoms with Gasteiger partial charge >= 0.3 is 0 Å². The number of rotatable bonds is 2. The molecule has 0 atom stereocenters. The van der Waals surface area contributed by atoms with Crippen LogP contribution in [0.15, 0.2) is 18.2 Å². The molecule has 0 spiro atoms. The van der Waals surface area contributed by atoms with Gasteiger partial charge in [0.25, 0.3) is 5.91 Å². The number of hydrogen-bond acceptors (Lipinski definition) is 3. The Morgan fingerprint density at radius 2 is 2.06 bits per heavy atom. The molecule has 1 aromatic carbocycles. The van der Waals surface area contributed by atoms with E-state index < -0.39 is 0 Å². The van der Waals surface area contributed by atoms with Crippen LogP contribution >= 0.6 is 0 Å². The summed E-state index contributed by atoms with van der Waals surface area (Å²) in [6.45, 7) is 3.31.